The first kappa shape index (κ1) is 39.1. The number of rotatable bonds is 5. The molecule has 13 heteroatoms. The van der Waals surface area contributed by atoms with Gasteiger partial charge in [0.2, 0.25) is 10.0 Å². The fourth-order valence-electron chi connectivity index (χ4n) is 9.51. The SMILES string of the molecule is COC(=O)CN1CCN(C[C@]2(OC)/C=C/C[C@H](C)[C@@H](C)S(=O)(=O)NC(=O)c3ccc4c(c3)N(C[C@@H]3CC[C@H]32)C[C@@]2(CCCc3cc(Cl)ccc32)CO4)CC1. The number of nitrogens with zero attached hydrogens (tertiary/aromatic N) is 3. The van der Waals surface area contributed by atoms with Gasteiger partial charge in [0.15, 0.2) is 0 Å². The van der Waals surface area contributed by atoms with Crippen molar-refractivity contribution < 1.29 is 32.2 Å². The number of carbonyl (C=O) groups excluding carboxylic acids is 2. The number of ether oxygens (including phenoxy) is 3. The molecule has 2 aromatic carbocycles. The first-order valence-corrected chi connectivity index (χ1v) is 21.4. The molecular formula is C41H55ClN4O7S. The molecule has 0 aromatic heterocycles. The summed E-state index contributed by atoms with van der Waals surface area (Å²) in [6, 6.07) is 11.5. The molecule has 2 fully saturated rings. The molecule has 1 saturated heterocycles. The predicted octanol–water partition coefficient (Wildman–Crippen LogP) is 5.06. The minimum atomic E-state index is -3.98. The summed E-state index contributed by atoms with van der Waals surface area (Å²) < 4.78 is 47.8. The van der Waals surface area contributed by atoms with Crippen LogP contribution in [0.3, 0.4) is 0 Å². The lowest BCUT2D eigenvalue weighted by atomic mass is 9.63. The molecule has 294 valence electrons. The molecule has 1 amide bonds. The van der Waals surface area contributed by atoms with Gasteiger partial charge in [-0.25, -0.2) is 13.1 Å². The zero-order chi connectivity index (χ0) is 38.3. The number of sulfonamides is 1. The number of halogens is 1. The Morgan fingerprint density at radius 1 is 1.06 bits per heavy atom. The highest BCUT2D eigenvalue weighted by atomic mass is 35.5. The molecule has 0 unspecified atom stereocenters. The van der Waals surface area contributed by atoms with Gasteiger partial charge in [0, 0.05) is 68.9 Å². The van der Waals surface area contributed by atoms with Gasteiger partial charge in [0.25, 0.3) is 5.91 Å². The Balaban J connectivity index is 1.26. The van der Waals surface area contributed by atoms with Crippen molar-refractivity contribution in [2.45, 2.75) is 68.6 Å². The number of methoxy groups -OCH3 is 2. The van der Waals surface area contributed by atoms with E-state index in [2.05, 4.69) is 43.7 Å². The van der Waals surface area contributed by atoms with E-state index < -0.39 is 26.8 Å². The number of hydrogen-bond acceptors (Lipinski definition) is 10. The second kappa shape index (κ2) is 15.8. The first-order chi connectivity index (χ1) is 25.8. The Bertz CT molecular complexity index is 1870. The van der Waals surface area contributed by atoms with Gasteiger partial charge in [0.1, 0.15) is 11.4 Å². The summed E-state index contributed by atoms with van der Waals surface area (Å²) >= 11 is 6.49. The van der Waals surface area contributed by atoms with Gasteiger partial charge in [-0.15, -0.1) is 0 Å². The van der Waals surface area contributed by atoms with Gasteiger partial charge in [-0.05, 0) is 105 Å². The van der Waals surface area contributed by atoms with Crippen LogP contribution in [0.4, 0.5) is 5.69 Å². The molecular weight excluding hydrogens is 728 g/mol. The molecule has 0 radical (unpaired) electrons. The van der Waals surface area contributed by atoms with Gasteiger partial charge >= 0.3 is 5.97 Å². The number of nitrogens with one attached hydrogen (secondary N) is 1. The number of benzene rings is 2. The molecule has 5 aliphatic rings. The number of amides is 1. The van der Waals surface area contributed by atoms with Crippen molar-refractivity contribution in [2.24, 2.45) is 17.8 Å². The summed E-state index contributed by atoms with van der Waals surface area (Å²) in [6.45, 7) is 9.56. The van der Waals surface area contributed by atoms with E-state index in [9.17, 15) is 18.0 Å². The average molecular weight is 783 g/mol. The highest BCUT2D eigenvalue weighted by molar-refractivity contribution is 7.90. The maximum absolute atomic E-state index is 13.6. The number of fused-ring (bicyclic) bond motifs is 4. The molecule has 6 atom stereocenters. The lowest BCUT2D eigenvalue weighted by molar-refractivity contribution is -0.142. The predicted molar refractivity (Wildman–Crippen MR) is 210 cm³/mol. The van der Waals surface area contributed by atoms with Crippen LogP contribution in [0.25, 0.3) is 0 Å². The molecule has 7 rings (SSSR count). The highest BCUT2D eigenvalue weighted by Crippen LogP contribution is 2.49. The summed E-state index contributed by atoms with van der Waals surface area (Å²) in [6.07, 6.45) is 9.77. The van der Waals surface area contributed by atoms with E-state index in [0.29, 0.717) is 31.9 Å². The van der Waals surface area contributed by atoms with Crippen LogP contribution in [0.15, 0.2) is 48.6 Å². The van der Waals surface area contributed by atoms with Crippen LogP contribution in [0.2, 0.25) is 5.02 Å². The third-order valence-corrected chi connectivity index (χ3v) is 15.3. The van der Waals surface area contributed by atoms with Crippen molar-refractivity contribution in [3.63, 3.8) is 0 Å². The van der Waals surface area contributed by atoms with Gasteiger partial charge in [-0.1, -0.05) is 36.7 Å². The monoisotopic (exact) mass is 782 g/mol. The van der Waals surface area contributed by atoms with E-state index >= 15 is 0 Å². The summed E-state index contributed by atoms with van der Waals surface area (Å²) in [4.78, 5) is 32.6. The van der Waals surface area contributed by atoms with Crippen LogP contribution in [0.5, 0.6) is 5.75 Å². The molecule has 3 aliphatic heterocycles. The molecule has 2 bridgehead atoms. The summed E-state index contributed by atoms with van der Waals surface area (Å²) in [5.74, 6) is 0.0527. The average Bonchev–Trinajstić information content (AvgIpc) is 3.29. The maximum atomic E-state index is 13.6. The normalized spacial score (nSPS) is 32.2. The molecule has 11 nitrogen and oxygen atoms in total. The van der Waals surface area contributed by atoms with Crippen molar-refractivity contribution in [3.05, 3.63) is 70.3 Å². The maximum Gasteiger partial charge on any atom is 0.319 e. The Hall–Kier alpha value is -3.16. The van der Waals surface area contributed by atoms with Crippen LogP contribution in [-0.2, 0) is 36.1 Å². The molecule has 54 heavy (non-hydrogen) atoms. The van der Waals surface area contributed by atoms with E-state index in [0.717, 1.165) is 75.5 Å². The van der Waals surface area contributed by atoms with Crippen LogP contribution in [0, 0.1) is 17.8 Å². The number of anilines is 1. The minimum Gasteiger partial charge on any atom is -0.490 e. The number of hydrogen-bond donors (Lipinski definition) is 1. The van der Waals surface area contributed by atoms with Gasteiger partial charge in [-0.3, -0.25) is 19.4 Å². The van der Waals surface area contributed by atoms with Crippen LogP contribution < -0.4 is 14.4 Å². The zero-order valence-corrected chi connectivity index (χ0v) is 33.6. The lowest BCUT2D eigenvalue weighted by Crippen LogP contribution is -2.59. The van der Waals surface area contributed by atoms with Crippen LogP contribution in [-0.4, -0.2) is 114 Å². The van der Waals surface area contributed by atoms with Crippen LogP contribution in [0.1, 0.15) is 67.4 Å². The van der Waals surface area contributed by atoms with E-state index in [1.807, 2.05) is 25.1 Å². The first-order valence-electron chi connectivity index (χ1n) is 19.5. The van der Waals surface area contributed by atoms with E-state index in [1.165, 1.54) is 18.2 Å². The third-order valence-electron chi connectivity index (χ3n) is 13.1. The van der Waals surface area contributed by atoms with E-state index in [1.54, 1.807) is 20.1 Å². The standard InChI is InChI=1S/C41H55ClN4O7S/c1-28-7-5-16-41(52-4,26-45-19-17-44(18-20-45)24-38(47)51-3)35-12-9-32(35)23-46-25-40(15-6-8-30-21-33(42)11-13-34(30)40)27-53-37-14-10-31(22-36(37)46)39(48)43-54(49,50)29(28)2/h5,10-11,13-14,16,21-22,28-29,32,35H,6-9,12,15,17-20,23-27H2,1-4H3,(H,43,48)/b16-5+/t28-,29+,32-,35+,40-,41+/m0/s1. The highest BCUT2D eigenvalue weighted by Gasteiger charge is 2.50. The Labute approximate surface area is 325 Å². The van der Waals surface area contributed by atoms with Crippen molar-refractivity contribution in [2.75, 3.05) is 78.1 Å². The third kappa shape index (κ3) is 7.78. The summed E-state index contributed by atoms with van der Waals surface area (Å²) in [5.41, 5.74) is 2.69. The van der Waals surface area contributed by atoms with Crippen LogP contribution >= 0.6 is 11.6 Å². The lowest BCUT2D eigenvalue weighted by Gasteiger charge is -2.52. The number of carbonyl (C=O) groups is 2. The summed E-state index contributed by atoms with van der Waals surface area (Å²) in [5, 5.41) is -0.0789. The zero-order valence-electron chi connectivity index (χ0n) is 32.0. The molecule has 3 heterocycles. The molecule has 2 aromatic rings. The molecule has 2 aliphatic carbocycles. The second-order valence-electron chi connectivity index (χ2n) is 16.3. The number of aryl methyl sites for hydroxylation is 1. The van der Waals surface area contributed by atoms with Crippen molar-refractivity contribution >= 4 is 39.2 Å². The number of piperazine rings is 1. The largest absolute Gasteiger partial charge is 0.490 e. The quantitative estimate of drug-likeness (QED) is 0.326. The van der Waals surface area contributed by atoms with Crippen molar-refractivity contribution in [3.8, 4) is 5.75 Å². The smallest absolute Gasteiger partial charge is 0.319 e. The Morgan fingerprint density at radius 2 is 1.83 bits per heavy atom. The fourth-order valence-corrected chi connectivity index (χ4v) is 11.0. The number of allylic oxidation sites excluding steroid dienone is 1. The van der Waals surface area contributed by atoms with Gasteiger partial charge in [-0.2, -0.15) is 0 Å². The summed E-state index contributed by atoms with van der Waals surface area (Å²) in [7, 11) is -0.758. The Kier molecular flexibility index (Phi) is 11.4. The van der Waals surface area contributed by atoms with Gasteiger partial charge < -0.3 is 19.1 Å². The van der Waals surface area contributed by atoms with E-state index in [-0.39, 0.29) is 41.2 Å². The topological polar surface area (TPSA) is 118 Å². The minimum absolute atomic E-state index is 0.198. The fraction of sp³-hybridized carbons (Fsp3) is 0.610. The molecule has 1 spiro atoms. The van der Waals surface area contributed by atoms with Crippen molar-refractivity contribution in [1.82, 2.24) is 14.5 Å². The van der Waals surface area contributed by atoms with Crippen molar-refractivity contribution in [1.29, 1.82) is 0 Å². The number of esters is 1. The van der Waals surface area contributed by atoms with E-state index in [4.69, 9.17) is 25.8 Å². The van der Waals surface area contributed by atoms with Gasteiger partial charge in [0.05, 0.1) is 31.2 Å². The molecule has 1 N–H and O–H groups in total. The molecule has 1 saturated carbocycles. The Morgan fingerprint density at radius 3 is 2.56 bits per heavy atom. The second-order valence-corrected chi connectivity index (χ2v) is 18.8.